The zero-order valence-electron chi connectivity index (χ0n) is 20.0. The van der Waals surface area contributed by atoms with Crippen molar-refractivity contribution in [3.8, 4) is 28.4 Å². The van der Waals surface area contributed by atoms with Crippen LogP contribution in [0.1, 0.15) is 55.3 Å². The Balaban J connectivity index is 1.64. The Morgan fingerprint density at radius 3 is 2.20 bits per heavy atom. The number of unbranched alkanes of at least 4 members (excludes halogenated alkanes) is 6. The minimum Gasteiger partial charge on any atom is -0.493 e. The molecule has 35 heavy (non-hydrogen) atoms. The Labute approximate surface area is 207 Å². The van der Waals surface area contributed by atoms with Crippen molar-refractivity contribution in [2.45, 2.75) is 44.9 Å². The summed E-state index contributed by atoms with van der Waals surface area (Å²) >= 11 is 0. The van der Waals surface area contributed by atoms with E-state index in [1.165, 1.54) is 25.7 Å². The van der Waals surface area contributed by atoms with E-state index in [0.29, 0.717) is 35.9 Å². The molecule has 0 radical (unpaired) electrons. The molecule has 182 valence electrons. The molecule has 0 N–H and O–H groups in total. The first-order valence-corrected chi connectivity index (χ1v) is 12.1. The van der Waals surface area contributed by atoms with Crippen molar-refractivity contribution in [2.75, 3.05) is 6.61 Å². The molecule has 0 aliphatic heterocycles. The Morgan fingerprint density at radius 2 is 1.49 bits per heavy atom. The Morgan fingerprint density at radius 1 is 0.800 bits per heavy atom. The summed E-state index contributed by atoms with van der Waals surface area (Å²) in [5.41, 5.74) is 2.08. The molecule has 0 bridgehead atoms. The van der Waals surface area contributed by atoms with Crippen molar-refractivity contribution in [1.82, 2.24) is 0 Å². The third kappa shape index (κ3) is 8.45. The van der Waals surface area contributed by atoms with Crippen molar-refractivity contribution in [3.63, 3.8) is 0 Å². The zero-order chi connectivity index (χ0) is 24.7. The maximum Gasteiger partial charge on any atom is 0.343 e. The maximum absolute atomic E-state index is 12.8. The first kappa shape index (κ1) is 25.8. The first-order valence-electron chi connectivity index (χ1n) is 12.1. The molecule has 0 saturated heterocycles. The number of hydrogen-bond donors (Lipinski definition) is 0. The van der Waals surface area contributed by atoms with Gasteiger partial charge in [0.25, 0.3) is 6.47 Å². The van der Waals surface area contributed by atoms with E-state index >= 15 is 0 Å². The van der Waals surface area contributed by atoms with Crippen LogP contribution in [-0.4, -0.2) is 19.0 Å². The summed E-state index contributed by atoms with van der Waals surface area (Å²) in [7, 11) is 0. The number of rotatable bonds is 15. The van der Waals surface area contributed by atoms with Crippen LogP contribution in [0.25, 0.3) is 11.1 Å². The summed E-state index contributed by atoms with van der Waals surface area (Å²) in [4.78, 5) is 23.3. The van der Waals surface area contributed by atoms with Crippen LogP contribution in [0, 0.1) is 0 Å². The number of ether oxygens (including phenoxy) is 3. The van der Waals surface area contributed by atoms with Crippen molar-refractivity contribution >= 4 is 12.4 Å². The zero-order valence-corrected chi connectivity index (χ0v) is 20.0. The maximum atomic E-state index is 12.8. The highest BCUT2D eigenvalue weighted by molar-refractivity contribution is 5.92. The van der Waals surface area contributed by atoms with Gasteiger partial charge in [-0.1, -0.05) is 62.1 Å². The van der Waals surface area contributed by atoms with E-state index in [1.807, 2.05) is 48.5 Å². The van der Waals surface area contributed by atoms with Crippen LogP contribution in [-0.2, 0) is 4.79 Å². The average Bonchev–Trinajstić information content (AvgIpc) is 2.89. The van der Waals surface area contributed by atoms with Gasteiger partial charge in [0.1, 0.15) is 17.2 Å². The number of hydrogen-bond acceptors (Lipinski definition) is 5. The molecular formula is C30H32O5. The van der Waals surface area contributed by atoms with Gasteiger partial charge in [-0.25, -0.2) is 4.79 Å². The topological polar surface area (TPSA) is 61.8 Å². The minimum atomic E-state index is -0.506. The molecule has 0 amide bonds. The summed E-state index contributed by atoms with van der Waals surface area (Å²) in [5, 5.41) is 0. The van der Waals surface area contributed by atoms with Crippen LogP contribution in [0.15, 0.2) is 85.5 Å². The normalized spacial score (nSPS) is 10.4. The molecular weight excluding hydrogens is 440 g/mol. The summed E-state index contributed by atoms with van der Waals surface area (Å²) in [6.07, 6.45) is 10.1. The second-order valence-electron chi connectivity index (χ2n) is 8.20. The lowest BCUT2D eigenvalue weighted by atomic mass is 10.0. The lowest BCUT2D eigenvalue weighted by Gasteiger charge is -2.13. The lowest BCUT2D eigenvalue weighted by molar-refractivity contribution is -0.120. The first-order chi connectivity index (χ1) is 17.2. The van der Waals surface area contributed by atoms with E-state index in [9.17, 15) is 9.59 Å². The summed E-state index contributed by atoms with van der Waals surface area (Å²) < 4.78 is 16.5. The van der Waals surface area contributed by atoms with Crippen LogP contribution >= 0.6 is 0 Å². The van der Waals surface area contributed by atoms with E-state index < -0.39 is 5.97 Å². The SMILES string of the molecule is C=CCCCCCCCCOc1ccc(-c2ccccc2)c(OC(=O)c2ccc(OC=O)cc2)c1. The number of allylic oxidation sites excluding steroid dienone is 1. The molecule has 0 aliphatic carbocycles. The van der Waals surface area contributed by atoms with Crippen LogP contribution in [0.2, 0.25) is 0 Å². The minimum absolute atomic E-state index is 0.343. The van der Waals surface area contributed by atoms with Crippen molar-refractivity contribution in [2.24, 2.45) is 0 Å². The molecule has 5 nitrogen and oxygen atoms in total. The number of esters is 1. The quantitative estimate of drug-likeness (QED) is 0.0758. The second-order valence-corrected chi connectivity index (χ2v) is 8.20. The van der Waals surface area contributed by atoms with E-state index in [1.54, 1.807) is 30.3 Å². The molecule has 0 unspecified atom stereocenters. The van der Waals surface area contributed by atoms with Gasteiger partial charge in [0.15, 0.2) is 0 Å². The van der Waals surface area contributed by atoms with Crippen molar-refractivity contribution in [3.05, 3.63) is 91.0 Å². The Kier molecular flexibility index (Phi) is 10.6. The highest BCUT2D eigenvalue weighted by Crippen LogP contribution is 2.34. The Bertz CT molecular complexity index is 1070. The third-order valence-electron chi connectivity index (χ3n) is 5.59. The van der Waals surface area contributed by atoms with Gasteiger partial charge < -0.3 is 14.2 Å². The third-order valence-corrected chi connectivity index (χ3v) is 5.59. The van der Waals surface area contributed by atoms with Crippen LogP contribution in [0.4, 0.5) is 0 Å². The molecule has 0 spiro atoms. The summed E-state index contributed by atoms with van der Waals surface area (Å²) in [6.45, 7) is 4.71. The fraction of sp³-hybridized carbons (Fsp3) is 0.267. The summed E-state index contributed by atoms with van der Waals surface area (Å²) in [5.74, 6) is 0.935. The van der Waals surface area contributed by atoms with Gasteiger partial charge in [-0.2, -0.15) is 0 Å². The van der Waals surface area contributed by atoms with E-state index in [2.05, 4.69) is 6.58 Å². The molecule has 0 aromatic heterocycles. The molecule has 3 rings (SSSR count). The van der Waals surface area contributed by atoms with Gasteiger partial charge >= 0.3 is 5.97 Å². The van der Waals surface area contributed by atoms with Gasteiger partial charge in [-0.3, -0.25) is 4.79 Å². The van der Waals surface area contributed by atoms with Crippen molar-refractivity contribution in [1.29, 1.82) is 0 Å². The lowest BCUT2D eigenvalue weighted by Crippen LogP contribution is -2.09. The van der Waals surface area contributed by atoms with Gasteiger partial charge in [0, 0.05) is 11.6 Å². The fourth-order valence-corrected chi connectivity index (χ4v) is 3.70. The summed E-state index contributed by atoms with van der Waals surface area (Å²) in [6, 6.07) is 21.5. The monoisotopic (exact) mass is 472 g/mol. The molecule has 5 heteroatoms. The molecule has 3 aromatic carbocycles. The highest BCUT2D eigenvalue weighted by atomic mass is 16.5. The molecule has 0 heterocycles. The molecule has 0 saturated carbocycles. The van der Waals surface area contributed by atoms with E-state index in [-0.39, 0.29) is 0 Å². The number of carbonyl (C=O) groups excluding carboxylic acids is 2. The smallest absolute Gasteiger partial charge is 0.343 e. The molecule has 0 atom stereocenters. The predicted molar refractivity (Wildman–Crippen MR) is 138 cm³/mol. The van der Waals surface area contributed by atoms with Crippen LogP contribution < -0.4 is 14.2 Å². The molecule has 3 aromatic rings. The number of carbonyl (C=O) groups is 2. The van der Waals surface area contributed by atoms with Gasteiger partial charge in [0.05, 0.1) is 12.2 Å². The Hall–Kier alpha value is -3.86. The predicted octanol–water partition coefficient (Wildman–Crippen LogP) is 7.40. The molecule has 0 aliphatic rings. The van der Waals surface area contributed by atoms with Crippen LogP contribution in [0.5, 0.6) is 17.2 Å². The largest absolute Gasteiger partial charge is 0.493 e. The van der Waals surface area contributed by atoms with Gasteiger partial charge in [0.2, 0.25) is 0 Å². The standard InChI is InChI=1S/C30H32O5/c1-2-3-4-5-6-7-8-12-21-33-27-19-20-28(24-13-10-9-11-14-24)29(22-27)35-30(32)25-15-17-26(18-16-25)34-23-31/h2,9-11,13-20,22-23H,1,3-8,12,21H2. The van der Waals surface area contributed by atoms with Gasteiger partial charge in [-0.05, 0) is 61.2 Å². The van der Waals surface area contributed by atoms with Crippen LogP contribution in [0.3, 0.4) is 0 Å². The van der Waals surface area contributed by atoms with Gasteiger partial charge in [-0.15, -0.1) is 6.58 Å². The average molecular weight is 473 g/mol. The number of benzene rings is 3. The van der Waals surface area contributed by atoms with Crippen molar-refractivity contribution < 1.29 is 23.8 Å². The highest BCUT2D eigenvalue weighted by Gasteiger charge is 2.15. The fourth-order valence-electron chi connectivity index (χ4n) is 3.70. The van der Waals surface area contributed by atoms with E-state index in [0.717, 1.165) is 30.4 Å². The molecule has 0 fully saturated rings. The second kappa shape index (κ2) is 14.4. The van der Waals surface area contributed by atoms with E-state index in [4.69, 9.17) is 14.2 Å².